The van der Waals surface area contributed by atoms with Crippen LogP contribution in [0.4, 0.5) is 4.79 Å². The summed E-state index contributed by atoms with van der Waals surface area (Å²) in [5, 5.41) is 3.99. The molecule has 2 heterocycles. The highest BCUT2D eigenvalue weighted by molar-refractivity contribution is 5.87. The van der Waals surface area contributed by atoms with Gasteiger partial charge in [0.2, 0.25) is 0 Å². The number of esters is 1. The molecule has 32 heavy (non-hydrogen) atoms. The van der Waals surface area contributed by atoms with Crippen molar-refractivity contribution in [3.63, 3.8) is 0 Å². The minimum Gasteiger partial charge on any atom is -0.464 e. The number of ether oxygens (including phenoxy) is 1. The summed E-state index contributed by atoms with van der Waals surface area (Å²) in [5.74, 6) is 0.0632. The quantitative estimate of drug-likeness (QED) is 0.561. The molecule has 1 aliphatic heterocycles. The number of aryl methyl sites for hydroxylation is 1. The molecule has 1 aromatic heterocycles. The standard InChI is InChI=1S/C26H31N3O3/c1-3-32-25(30)24(16-20-17-27-23-11-7-6-10-22(20)23)28-26(31)29-14-12-19(13-15-29)21-9-5-4-8-18(21)2/h4-11,17,19,24,27H,3,12-16H2,1-2H3,(H,28,31). The van der Waals surface area contributed by atoms with E-state index >= 15 is 0 Å². The number of likely N-dealkylation sites (tertiary alicyclic amines) is 1. The van der Waals surface area contributed by atoms with E-state index in [1.165, 1.54) is 11.1 Å². The zero-order valence-electron chi connectivity index (χ0n) is 18.8. The lowest BCUT2D eigenvalue weighted by atomic mass is 9.87. The summed E-state index contributed by atoms with van der Waals surface area (Å²) in [5.41, 5.74) is 4.67. The molecule has 2 aromatic carbocycles. The van der Waals surface area contributed by atoms with Crippen LogP contribution in [0.1, 0.15) is 42.4 Å². The van der Waals surface area contributed by atoms with Crippen LogP contribution in [0.5, 0.6) is 0 Å². The smallest absolute Gasteiger partial charge is 0.329 e. The largest absolute Gasteiger partial charge is 0.464 e. The Morgan fingerprint density at radius 1 is 1.12 bits per heavy atom. The highest BCUT2D eigenvalue weighted by Crippen LogP contribution is 2.30. The zero-order chi connectivity index (χ0) is 22.5. The second kappa shape index (κ2) is 9.90. The minimum atomic E-state index is -0.726. The summed E-state index contributed by atoms with van der Waals surface area (Å²) in [6.45, 7) is 5.55. The number of aromatic nitrogens is 1. The van der Waals surface area contributed by atoms with Gasteiger partial charge in [-0.2, -0.15) is 0 Å². The van der Waals surface area contributed by atoms with Gasteiger partial charge in [0, 0.05) is 36.6 Å². The van der Waals surface area contributed by atoms with Crippen LogP contribution in [0.2, 0.25) is 0 Å². The molecule has 2 amide bonds. The van der Waals surface area contributed by atoms with Gasteiger partial charge < -0.3 is 19.9 Å². The van der Waals surface area contributed by atoms with E-state index in [9.17, 15) is 9.59 Å². The first-order valence-corrected chi connectivity index (χ1v) is 11.4. The molecule has 0 spiro atoms. The van der Waals surface area contributed by atoms with Crippen molar-refractivity contribution in [1.29, 1.82) is 0 Å². The second-order valence-electron chi connectivity index (χ2n) is 8.44. The van der Waals surface area contributed by atoms with Gasteiger partial charge in [-0.15, -0.1) is 0 Å². The number of aromatic amines is 1. The minimum absolute atomic E-state index is 0.203. The topological polar surface area (TPSA) is 74.4 Å². The van der Waals surface area contributed by atoms with E-state index in [0.717, 1.165) is 29.3 Å². The molecule has 0 radical (unpaired) electrons. The molecule has 1 fully saturated rings. The maximum Gasteiger partial charge on any atom is 0.329 e. The van der Waals surface area contributed by atoms with Gasteiger partial charge in [-0.05, 0) is 55.4 Å². The van der Waals surface area contributed by atoms with Crippen LogP contribution in [0.15, 0.2) is 54.7 Å². The van der Waals surface area contributed by atoms with Crippen LogP contribution in [-0.4, -0.2) is 47.6 Å². The van der Waals surface area contributed by atoms with Crippen molar-refractivity contribution >= 4 is 22.9 Å². The van der Waals surface area contributed by atoms with E-state index < -0.39 is 12.0 Å². The summed E-state index contributed by atoms with van der Waals surface area (Å²) in [4.78, 5) is 30.7. The Kier molecular flexibility index (Phi) is 6.78. The number of piperidine rings is 1. The number of nitrogens with zero attached hydrogens (tertiary/aromatic N) is 1. The maximum absolute atomic E-state index is 13.0. The molecule has 0 saturated carbocycles. The Labute approximate surface area is 188 Å². The molecule has 1 atom stereocenters. The lowest BCUT2D eigenvalue weighted by Crippen LogP contribution is -2.51. The summed E-state index contributed by atoms with van der Waals surface area (Å²) < 4.78 is 5.26. The first kappa shape index (κ1) is 21.9. The van der Waals surface area contributed by atoms with E-state index in [2.05, 4.69) is 41.5 Å². The number of nitrogens with one attached hydrogen (secondary N) is 2. The molecule has 1 aliphatic rings. The van der Waals surface area contributed by atoms with Crippen molar-refractivity contribution in [1.82, 2.24) is 15.2 Å². The lowest BCUT2D eigenvalue weighted by molar-refractivity contribution is -0.145. The van der Waals surface area contributed by atoms with Crippen LogP contribution in [0.3, 0.4) is 0 Å². The van der Waals surface area contributed by atoms with Gasteiger partial charge in [-0.3, -0.25) is 0 Å². The van der Waals surface area contributed by atoms with E-state index in [0.29, 0.717) is 25.4 Å². The van der Waals surface area contributed by atoms with Crippen LogP contribution in [-0.2, 0) is 16.0 Å². The van der Waals surface area contributed by atoms with Gasteiger partial charge >= 0.3 is 12.0 Å². The molecule has 3 aromatic rings. The molecule has 6 heteroatoms. The van der Waals surface area contributed by atoms with E-state index in [4.69, 9.17) is 4.74 Å². The van der Waals surface area contributed by atoms with Crippen molar-refractivity contribution in [2.24, 2.45) is 0 Å². The molecule has 1 saturated heterocycles. The molecule has 0 bridgehead atoms. The summed E-state index contributed by atoms with van der Waals surface area (Å²) >= 11 is 0. The number of rotatable bonds is 6. The van der Waals surface area contributed by atoms with Crippen LogP contribution >= 0.6 is 0 Å². The fourth-order valence-corrected chi connectivity index (χ4v) is 4.64. The van der Waals surface area contributed by atoms with Gasteiger partial charge in [0.25, 0.3) is 0 Å². The normalized spacial score (nSPS) is 15.5. The maximum atomic E-state index is 13.0. The van der Waals surface area contributed by atoms with Crippen molar-refractivity contribution in [2.75, 3.05) is 19.7 Å². The van der Waals surface area contributed by atoms with Gasteiger partial charge in [0.1, 0.15) is 6.04 Å². The molecule has 4 rings (SSSR count). The summed E-state index contributed by atoms with van der Waals surface area (Å²) in [6, 6.07) is 15.5. The monoisotopic (exact) mass is 433 g/mol. The second-order valence-corrected chi connectivity index (χ2v) is 8.44. The Morgan fingerprint density at radius 2 is 1.84 bits per heavy atom. The number of carbonyl (C=O) groups excluding carboxylic acids is 2. The van der Waals surface area contributed by atoms with Gasteiger partial charge in [-0.25, -0.2) is 9.59 Å². The lowest BCUT2D eigenvalue weighted by Gasteiger charge is -2.33. The number of fused-ring (bicyclic) bond motifs is 1. The predicted molar refractivity (Wildman–Crippen MR) is 126 cm³/mol. The van der Waals surface area contributed by atoms with E-state index in [1.54, 1.807) is 6.92 Å². The van der Waals surface area contributed by atoms with E-state index in [-0.39, 0.29) is 12.6 Å². The third-order valence-electron chi connectivity index (χ3n) is 6.38. The van der Waals surface area contributed by atoms with Crippen molar-refractivity contribution < 1.29 is 14.3 Å². The van der Waals surface area contributed by atoms with E-state index in [1.807, 2.05) is 35.4 Å². The Morgan fingerprint density at radius 3 is 2.59 bits per heavy atom. The number of amides is 2. The van der Waals surface area contributed by atoms with Gasteiger partial charge in [-0.1, -0.05) is 42.5 Å². The van der Waals surface area contributed by atoms with Crippen LogP contribution in [0.25, 0.3) is 10.9 Å². The number of hydrogen-bond donors (Lipinski definition) is 2. The average molecular weight is 434 g/mol. The molecule has 0 aliphatic carbocycles. The molecular formula is C26H31N3O3. The third-order valence-corrected chi connectivity index (χ3v) is 6.38. The number of benzene rings is 2. The Balaban J connectivity index is 1.41. The number of H-pyrrole nitrogens is 1. The summed E-state index contributed by atoms with van der Waals surface area (Å²) in [6.07, 6.45) is 4.13. The SMILES string of the molecule is CCOC(=O)C(Cc1c[nH]c2ccccc12)NC(=O)N1CCC(c2ccccc2C)CC1. The highest BCUT2D eigenvalue weighted by Gasteiger charge is 2.29. The first-order chi connectivity index (χ1) is 15.6. The molecule has 168 valence electrons. The average Bonchev–Trinajstić information content (AvgIpc) is 3.22. The van der Waals surface area contributed by atoms with Crippen LogP contribution in [0, 0.1) is 6.92 Å². The summed E-state index contributed by atoms with van der Waals surface area (Å²) in [7, 11) is 0. The van der Waals surface area contributed by atoms with Gasteiger partial charge in [0.15, 0.2) is 0 Å². The fourth-order valence-electron chi connectivity index (χ4n) is 4.64. The number of urea groups is 1. The molecule has 6 nitrogen and oxygen atoms in total. The molecule has 2 N–H and O–H groups in total. The fraction of sp³-hybridized carbons (Fsp3) is 0.385. The van der Waals surface area contributed by atoms with Crippen molar-refractivity contribution in [3.8, 4) is 0 Å². The first-order valence-electron chi connectivity index (χ1n) is 11.4. The van der Waals surface area contributed by atoms with Crippen molar-refractivity contribution in [3.05, 3.63) is 71.4 Å². The third kappa shape index (κ3) is 4.79. The number of para-hydroxylation sites is 1. The molecular weight excluding hydrogens is 402 g/mol. The predicted octanol–water partition coefficient (Wildman–Crippen LogP) is 4.54. The number of hydrogen-bond acceptors (Lipinski definition) is 3. The Bertz CT molecular complexity index is 1080. The van der Waals surface area contributed by atoms with Crippen molar-refractivity contribution in [2.45, 2.75) is 45.1 Å². The number of carbonyl (C=O) groups is 2. The van der Waals surface area contributed by atoms with Gasteiger partial charge in [0.05, 0.1) is 6.61 Å². The van der Waals surface area contributed by atoms with Crippen LogP contribution < -0.4 is 5.32 Å². The highest BCUT2D eigenvalue weighted by atomic mass is 16.5. The zero-order valence-corrected chi connectivity index (χ0v) is 18.8. The molecule has 1 unspecified atom stereocenters. The Hall–Kier alpha value is -3.28.